The minimum absolute atomic E-state index is 0.229. The number of rotatable bonds is 4. The third-order valence-electron chi connectivity index (χ3n) is 1.27. The second-order valence-corrected chi connectivity index (χ2v) is 5.66. The van der Waals surface area contributed by atoms with Gasteiger partial charge < -0.3 is 9.47 Å². The Hall–Kier alpha value is 0.0400. The highest BCUT2D eigenvalue weighted by Crippen LogP contribution is 2.42. The largest absolute Gasteiger partial charge is 0.490 e. The first kappa shape index (κ1) is 11.1. The van der Waals surface area contributed by atoms with Crippen LogP contribution in [0.15, 0.2) is 10.9 Å². The third-order valence-corrected chi connectivity index (χ3v) is 3.41. The molecule has 0 aliphatic carbocycles. The Labute approximate surface area is 87.8 Å². The fourth-order valence-corrected chi connectivity index (χ4v) is 3.13. The molecule has 0 N–H and O–H groups in total. The van der Waals surface area contributed by atoms with E-state index in [-0.39, 0.29) is 12.2 Å². The highest BCUT2D eigenvalue weighted by atomic mass is 33.1. The molecule has 0 aromatic heterocycles. The topological polar surface area (TPSA) is 18.5 Å². The van der Waals surface area contributed by atoms with Crippen molar-refractivity contribution < 1.29 is 9.47 Å². The lowest BCUT2D eigenvalue weighted by Gasteiger charge is -2.14. The SMILES string of the molecule is CC(C)OC1=C(OC(C)C)SSC1. The summed E-state index contributed by atoms with van der Waals surface area (Å²) in [6.07, 6.45) is 0.465. The molecule has 0 bridgehead atoms. The molecule has 0 radical (unpaired) electrons. The van der Waals surface area contributed by atoms with E-state index in [1.807, 2.05) is 27.7 Å². The van der Waals surface area contributed by atoms with Gasteiger partial charge in [-0.2, -0.15) is 0 Å². The summed E-state index contributed by atoms with van der Waals surface area (Å²) in [5, 5.41) is 0.953. The maximum absolute atomic E-state index is 5.64. The van der Waals surface area contributed by atoms with Crippen LogP contribution < -0.4 is 0 Å². The van der Waals surface area contributed by atoms with E-state index in [4.69, 9.17) is 9.47 Å². The smallest absolute Gasteiger partial charge is 0.203 e. The predicted octanol–water partition coefficient (Wildman–Crippen LogP) is 3.40. The van der Waals surface area contributed by atoms with Gasteiger partial charge in [-0.05, 0) is 38.5 Å². The molecule has 0 spiro atoms. The lowest BCUT2D eigenvalue weighted by Crippen LogP contribution is -2.07. The van der Waals surface area contributed by atoms with E-state index in [0.29, 0.717) is 0 Å². The van der Waals surface area contributed by atoms with E-state index in [1.54, 1.807) is 21.6 Å². The van der Waals surface area contributed by atoms with E-state index >= 15 is 0 Å². The molecule has 0 atom stereocenters. The average molecular weight is 220 g/mol. The second-order valence-electron chi connectivity index (χ2n) is 3.39. The quantitative estimate of drug-likeness (QED) is 0.676. The van der Waals surface area contributed by atoms with E-state index in [1.165, 1.54) is 0 Å². The summed E-state index contributed by atoms with van der Waals surface area (Å²) in [4.78, 5) is 0. The highest BCUT2D eigenvalue weighted by Gasteiger charge is 2.21. The average Bonchev–Trinajstić information content (AvgIpc) is 2.34. The molecule has 2 nitrogen and oxygen atoms in total. The normalized spacial score (nSPS) is 17.4. The molecule has 4 heteroatoms. The van der Waals surface area contributed by atoms with E-state index < -0.39 is 0 Å². The third kappa shape index (κ3) is 3.73. The van der Waals surface area contributed by atoms with Crippen LogP contribution in [0.25, 0.3) is 0 Å². The molecule has 0 saturated carbocycles. The van der Waals surface area contributed by atoms with Crippen molar-refractivity contribution in [2.75, 3.05) is 5.75 Å². The lowest BCUT2D eigenvalue weighted by molar-refractivity contribution is 0.112. The Bertz CT molecular complexity index is 180. The van der Waals surface area contributed by atoms with Gasteiger partial charge in [0.15, 0.2) is 5.76 Å². The Kier molecular flexibility index (Phi) is 4.32. The van der Waals surface area contributed by atoms with Crippen molar-refractivity contribution in [3.8, 4) is 0 Å². The van der Waals surface area contributed by atoms with Crippen LogP contribution in [-0.2, 0) is 9.47 Å². The maximum Gasteiger partial charge on any atom is 0.203 e. The van der Waals surface area contributed by atoms with Gasteiger partial charge in [0.1, 0.15) is 0 Å². The highest BCUT2D eigenvalue weighted by molar-refractivity contribution is 8.78. The van der Waals surface area contributed by atoms with Gasteiger partial charge in [-0.1, -0.05) is 10.8 Å². The van der Waals surface area contributed by atoms with Gasteiger partial charge in [0.05, 0.1) is 18.0 Å². The van der Waals surface area contributed by atoms with Crippen LogP contribution in [0.3, 0.4) is 0 Å². The zero-order chi connectivity index (χ0) is 9.84. The molecule has 0 saturated heterocycles. The Morgan fingerprint density at radius 3 is 2.23 bits per heavy atom. The number of hydrogen-bond acceptors (Lipinski definition) is 4. The molecule has 1 aliphatic rings. The molecular weight excluding hydrogens is 204 g/mol. The molecule has 0 unspecified atom stereocenters. The van der Waals surface area contributed by atoms with E-state index in [9.17, 15) is 0 Å². The van der Waals surface area contributed by atoms with Crippen LogP contribution >= 0.6 is 21.6 Å². The van der Waals surface area contributed by atoms with E-state index in [2.05, 4.69) is 0 Å². The van der Waals surface area contributed by atoms with Gasteiger partial charge >= 0.3 is 0 Å². The molecule has 1 aliphatic heterocycles. The van der Waals surface area contributed by atoms with Gasteiger partial charge in [-0.3, -0.25) is 0 Å². The van der Waals surface area contributed by atoms with Crippen LogP contribution in [0, 0.1) is 0 Å². The zero-order valence-corrected chi connectivity index (χ0v) is 10.1. The van der Waals surface area contributed by atoms with Crippen LogP contribution in [0.2, 0.25) is 0 Å². The summed E-state index contributed by atoms with van der Waals surface area (Å²) in [5.74, 6) is 1.92. The fourth-order valence-electron chi connectivity index (χ4n) is 0.908. The summed E-state index contributed by atoms with van der Waals surface area (Å²) in [7, 11) is 3.44. The van der Waals surface area contributed by atoms with Crippen molar-refractivity contribution >= 4 is 21.6 Å². The van der Waals surface area contributed by atoms with Crippen LogP contribution in [-0.4, -0.2) is 18.0 Å². The molecule has 1 heterocycles. The first-order valence-corrected chi connectivity index (χ1v) is 6.77. The van der Waals surface area contributed by atoms with Gasteiger partial charge in [0, 0.05) is 0 Å². The molecule has 76 valence electrons. The number of hydrogen-bond donors (Lipinski definition) is 0. The Balaban J connectivity index is 2.55. The minimum Gasteiger partial charge on any atom is -0.490 e. The fraction of sp³-hybridized carbons (Fsp3) is 0.778. The van der Waals surface area contributed by atoms with Crippen molar-refractivity contribution in [1.82, 2.24) is 0 Å². The predicted molar refractivity (Wildman–Crippen MR) is 59.5 cm³/mol. The molecule has 0 aromatic rings. The summed E-state index contributed by atoms with van der Waals surface area (Å²) >= 11 is 0. The minimum atomic E-state index is 0.229. The van der Waals surface area contributed by atoms with Crippen LogP contribution in [0.4, 0.5) is 0 Å². The van der Waals surface area contributed by atoms with Gasteiger partial charge in [0.25, 0.3) is 0 Å². The Morgan fingerprint density at radius 2 is 1.69 bits per heavy atom. The monoisotopic (exact) mass is 220 g/mol. The summed E-state index contributed by atoms with van der Waals surface area (Å²) < 4.78 is 11.3. The van der Waals surface area contributed by atoms with Crippen LogP contribution in [0.1, 0.15) is 27.7 Å². The summed E-state index contributed by atoms with van der Waals surface area (Å²) in [5.41, 5.74) is 0. The number of ether oxygens (including phenoxy) is 2. The first-order chi connectivity index (χ1) is 6.09. The standard InChI is InChI=1S/C9H16O2S2/c1-6(2)10-8-5-12-13-9(8)11-7(3)4/h6-7H,5H2,1-4H3. The molecule has 0 amide bonds. The summed E-state index contributed by atoms with van der Waals surface area (Å²) in [6.45, 7) is 8.13. The van der Waals surface area contributed by atoms with E-state index in [0.717, 1.165) is 16.6 Å². The zero-order valence-electron chi connectivity index (χ0n) is 8.49. The van der Waals surface area contributed by atoms with Gasteiger partial charge in [-0.15, -0.1) is 0 Å². The van der Waals surface area contributed by atoms with Crippen molar-refractivity contribution in [1.29, 1.82) is 0 Å². The van der Waals surface area contributed by atoms with Crippen molar-refractivity contribution in [2.45, 2.75) is 39.9 Å². The van der Waals surface area contributed by atoms with Gasteiger partial charge in [0.2, 0.25) is 5.09 Å². The first-order valence-electron chi connectivity index (χ1n) is 4.45. The van der Waals surface area contributed by atoms with Crippen LogP contribution in [0.5, 0.6) is 0 Å². The lowest BCUT2D eigenvalue weighted by atomic mass is 10.4. The van der Waals surface area contributed by atoms with Crippen molar-refractivity contribution in [3.05, 3.63) is 10.9 Å². The summed E-state index contributed by atoms with van der Waals surface area (Å²) in [6, 6.07) is 0. The second kappa shape index (κ2) is 5.05. The Morgan fingerprint density at radius 1 is 1.08 bits per heavy atom. The molecule has 13 heavy (non-hydrogen) atoms. The van der Waals surface area contributed by atoms with Crippen molar-refractivity contribution in [3.63, 3.8) is 0 Å². The molecule has 1 rings (SSSR count). The van der Waals surface area contributed by atoms with Crippen molar-refractivity contribution in [2.24, 2.45) is 0 Å². The molecule has 0 aromatic carbocycles. The molecule has 0 fully saturated rings. The maximum atomic E-state index is 5.64. The van der Waals surface area contributed by atoms with Gasteiger partial charge in [-0.25, -0.2) is 0 Å². The molecular formula is C9H16O2S2.